The van der Waals surface area contributed by atoms with Crippen LogP contribution < -0.4 is 15.4 Å². The van der Waals surface area contributed by atoms with E-state index in [1.165, 1.54) is 0 Å². The number of benzene rings is 1. The van der Waals surface area contributed by atoms with Gasteiger partial charge in [-0.1, -0.05) is 13.0 Å². The fourth-order valence-electron chi connectivity index (χ4n) is 2.59. The van der Waals surface area contributed by atoms with Crippen LogP contribution in [0.1, 0.15) is 26.2 Å². The van der Waals surface area contributed by atoms with Crippen LogP contribution in [0.25, 0.3) is 0 Å². The minimum absolute atomic E-state index is 0.0704. The van der Waals surface area contributed by atoms with Gasteiger partial charge in [0.1, 0.15) is 0 Å². The highest BCUT2D eigenvalue weighted by atomic mass is 32.2. The molecule has 0 bridgehead atoms. The maximum atomic E-state index is 12.5. The van der Waals surface area contributed by atoms with Crippen molar-refractivity contribution >= 4 is 27.3 Å². The van der Waals surface area contributed by atoms with Gasteiger partial charge in [-0.25, -0.2) is 8.42 Å². The zero-order valence-corrected chi connectivity index (χ0v) is 13.1. The van der Waals surface area contributed by atoms with Crippen molar-refractivity contribution in [1.29, 1.82) is 0 Å². The van der Waals surface area contributed by atoms with Gasteiger partial charge in [-0.05, 0) is 44.0 Å². The number of amides is 1. The summed E-state index contributed by atoms with van der Waals surface area (Å²) in [6.07, 6.45) is 3.61. The molecule has 0 aromatic heterocycles. The quantitative estimate of drug-likeness (QED) is 0.769. The van der Waals surface area contributed by atoms with Gasteiger partial charge in [0.05, 0.1) is 17.5 Å². The normalized spacial score (nSPS) is 22.0. The number of hydrogen-bond acceptors (Lipinski definition) is 4. The zero-order chi connectivity index (χ0) is 15.5. The van der Waals surface area contributed by atoms with Crippen molar-refractivity contribution < 1.29 is 13.2 Å². The fraction of sp³-hybridized carbons (Fsp3) is 0.500. The smallest absolute Gasteiger partial charge is 0.244 e. The van der Waals surface area contributed by atoms with Gasteiger partial charge in [0.25, 0.3) is 0 Å². The van der Waals surface area contributed by atoms with Crippen LogP contribution in [0.3, 0.4) is 0 Å². The largest absolute Gasteiger partial charge is 0.324 e. The van der Waals surface area contributed by atoms with Crippen molar-refractivity contribution in [3.8, 4) is 0 Å². The lowest BCUT2D eigenvalue weighted by Gasteiger charge is -2.26. The second-order valence-corrected chi connectivity index (χ2v) is 7.12. The number of nitrogens with one attached hydrogen (secondary N) is 3. The minimum atomic E-state index is -3.33. The number of carbonyl (C=O) groups is 1. The Balaban J connectivity index is 2.12. The predicted octanol–water partition coefficient (Wildman–Crippen LogP) is 1.53. The van der Waals surface area contributed by atoms with E-state index >= 15 is 0 Å². The van der Waals surface area contributed by atoms with Crippen LogP contribution in [-0.4, -0.2) is 32.7 Å². The summed E-state index contributed by atoms with van der Waals surface area (Å²) in [5.74, 6) is -0.0704. The maximum absolute atomic E-state index is 12.5. The summed E-state index contributed by atoms with van der Waals surface area (Å²) in [6.45, 7) is 2.83. The summed E-state index contributed by atoms with van der Waals surface area (Å²) in [4.78, 5) is 12.5. The molecule has 6 nitrogen and oxygen atoms in total. The topological polar surface area (TPSA) is 87.3 Å². The van der Waals surface area contributed by atoms with Crippen molar-refractivity contribution in [3.05, 3.63) is 24.3 Å². The Hall–Kier alpha value is -1.60. The summed E-state index contributed by atoms with van der Waals surface area (Å²) < 4.78 is 24.9. The van der Waals surface area contributed by atoms with E-state index in [4.69, 9.17) is 0 Å². The van der Waals surface area contributed by atoms with Crippen molar-refractivity contribution in [2.24, 2.45) is 0 Å². The molecular weight excluding hydrogens is 290 g/mol. The van der Waals surface area contributed by atoms with Gasteiger partial charge in [-0.15, -0.1) is 0 Å². The molecule has 1 unspecified atom stereocenters. The zero-order valence-electron chi connectivity index (χ0n) is 12.3. The molecular formula is C14H21N3O3S. The van der Waals surface area contributed by atoms with Gasteiger partial charge < -0.3 is 10.6 Å². The van der Waals surface area contributed by atoms with Crippen LogP contribution in [0.5, 0.6) is 0 Å². The number of sulfonamides is 1. The molecule has 21 heavy (non-hydrogen) atoms. The van der Waals surface area contributed by atoms with E-state index in [-0.39, 0.29) is 5.91 Å². The van der Waals surface area contributed by atoms with Crippen LogP contribution in [0, 0.1) is 0 Å². The molecule has 1 aromatic carbocycles. The molecule has 7 heteroatoms. The molecule has 1 amide bonds. The lowest BCUT2D eigenvalue weighted by molar-refractivity contribution is -0.122. The molecule has 2 rings (SSSR count). The van der Waals surface area contributed by atoms with Crippen molar-refractivity contribution in [2.45, 2.75) is 31.7 Å². The lowest BCUT2D eigenvalue weighted by atomic mass is 9.93. The van der Waals surface area contributed by atoms with Crippen LogP contribution in [0.4, 0.5) is 11.4 Å². The number of carbonyl (C=O) groups excluding carboxylic acids is 1. The summed E-state index contributed by atoms with van der Waals surface area (Å²) in [5, 5.41) is 6.13. The van der Waals surface area contributed by atoms with Gasteiger partial charge in [-0.2, -0.15) is 0 Å². The summed E-state index contributed by atoms with van der Waals surface area (Å²) in [6, 6.07) is 6.69. The molecule has 116 valence electrons. The third-order valence-electron chi connectivity index (χ3n) is 3.71. The van der Waals surface area contributed by atoms with E-state index < -0.39 is 15.6 Å². The minimum Gasteiger partial charge on any atom is -0.324 e. The second-order valence-electron chi connectivity index (χ2n) is 5.38. The summed E-state index contributed by atoms with van der Waals surface area (Å²) >= 11 is 0. The Labute approximate surface area is 125 Å². The van der Waals surface area contributed by atoms with Gasteiger partial charge in [0.2, 0.25) is 15.9 Å². The van der Waals surface area contributed by atoms with Gasteiger partial charge in [0.15, 0.2) is 0 Å². The number of anilines is 2. The molecule has 0 saturated carbocycles. The van der Waals surface area contributed by atoms with E-state index in [1.807, 2.05) is 6.92 Å². The van der Waals surface area contributed by atoms with E-state index in [0.717, 1.165) is 32.1 Å². The average molecular weight is 311 g/mol. The third-order valence-corrected chi connectivity index (χ3v) is 4.31. The molecule has 1 aromatic rings. The molecule has 0 spiro atoms. The Bertz CT molecular complexity index is 622. The van der Waals surface area contributed by atoms with E-state index in [9.17, 15) is 13.2 Å². The molecule has 3 N–H and O–H groups in total. The van der Waals surface area contributed by atoms with Crippen molar-refractivity contribution in [3.63, 3.8) is 0 Å². The Morgan fingerprint density at radius 1 is 1.38 bits per heavy atom. The first-order chi connectivity index (χ1) is 9.85. The van der Waals surface area contributed by atoms with E-state index in [2.05, 4.69) is 15.4 Å². The van der Waals surface area contributed by atoms with Crippen LogP contribution in [0.15, 0.2) is 24.3 Å². The summed E-state index contributed by atoms with van der Waals surface area (Å²) in [5.41, 5.74) is 0.496. The van der Waals surface area contributed by atoms with Crippen LogP contribution in [0.2, 0.25) is 0 Å². The molecule has 1 aliphatic rings. The average Bonchev–Trinajstić information content (AvgIpc) is 2.87. The first-order valence-electron chi connectivity index (χ1n) is 6.99. The third kappa shape index (κ3) is 3.95. The molecule has 0 radical (unpaired) electrons. The first-order valence-corrected chi connectivity index (χ1v) is 8.88. The Kier molecular flexibility index (Phi) is 4.53. The molecule has 1 saturated heterocycles. The molecule has 0 aliphatic carbocycles. The van der Waals surface area contributed by atoms with Gasteiger partial charge >= 0.3 is 0 Å². The highest BCUT2D eigenvalue weighted by Crippen LogP contribution is 2.25. The molecule has 1 atom stereocenters. The van der Waals surface area contributed by atoms with Crippen LogP contribution >= 0.6 is 0 Å². The highest BCUT2D eigenvalue weighted by Gasteiger charge is 2.39. The number of rotatable bonds is 5. The standard InChI is InChI=1S/C14H21N3O3S/c1-3-14(8-5-9-15-14)13(18)16-11-6-4-7-12(10-11)17-21(2,19)20/h4,6-7,10,15,17H,3,5,8-9H2,1-2H3,(H,16,18). The predicted molar refractivity (Wildman–Crippen MR) is 83.8 cm³/mol. The summed E-state index contributed by atoms with van der Waals surface area (Å²) in [7, 11) is -3.33. The van der Waals surface area contributed by atoms with E-state index in [0.29, 0.717) is 11.4 Å². The maximum Gasteiger partial charge on any atom is 0.244 e. The van der Waals surface area contributed by atoms with Crippen LogP contribution in [-0.2, 0) is 14.8 Å². The molecule has 1 fully saturated rings. The molecule has 1 heterocycles. The van der Waals surface area contributed by atoms with Gasteiger partial charge in [-0.3, -0.25) is 9.52 Å². The van der Waals surface area contributed by atoms with Gasteiger partial charge in [0, 0.05) is 5.69 Å². The lowest BCUT2D eigenvalue weighted by Crippen LogP contribution is -2.50. The SMILES string of the molecule is CCC1(C(=O)Nc2cccc(NS(C)(=O)=O)c2)CCCN1. The van der Waals surface area contributed by atoms with E-state index in [1.54, 1.807) is 24.3 Å². The monoisotopic (exact) mass is 311 g/mol. The Morgan fingerprint density at radius 3 is 2.67 bits per heavy atom. The second kappa shape index (κ2) is 6.03. The highest BCUT2D eigenvalue weighted by molar-refractivity contribution is 7.92. The Morgan fingerprint density at radius 2 is 2.10 bits per heavy atom. The molecule has 1 aliphatic heterocycles. The van der Waals surface area contributed by atoms with Crippen molar-refractivity contribution in [1.82, 2.24) is 5.32 Å². The number of hydrogen-bond donors (Lipinski definition) is 3. The first kappa shape index (κ1) is 15.8. The van der Waals surface area contributed by atoms with Crippen molar-refractivity contribution in [2.75, 3.05) is 22.8 Å². The fourth-order valence-corrected chi connectivity index (χ4v) is 3.14.